The van der Waals surface area contributed by atoms with Crippen molar-refractivity contribution < 1.29 is 65.9 Å². The molecule has 0 aromatic heterocycles. The summed E-state index contributed by atoms with van der Waals surface area (Å²) in [5.74, 6) is -7.58. The quantitative estimate of drug-likeness (QED) is 0.255. The summed E-state index contributed by atoms with van der Waals surface area (Å²) in [5, 5.41) is 0. The minimum absolute atomic E-state index is 0.947. The van der Waals surface area contributed by atoms with Crippen LogP contribution < -0.4 is 0 Å². The van der Waals surface area contributed by atoms with Crippen LogP contribution in [0, 0.1) is 0 Å². The fraction of sp³-hybridized carbons (Fsp3) is 0.571. The minimum Gasteiger partial charge on any atom is -0.221 e. The number of benzene rings is 1. The molecule has 0 nitrogen and oxygen atoms in total. The van der Waals surface area contributed by atoms with Crippen LogP contribution in [-0.4, -0.2) is 22.1 Å². The van der Waals surface area contributed by atoms with Gasteiger partial charge in [0, 0.05) is 12.0 Å². The zero-order valence-electron chi connectivity index (χ0n) is 14.2. The molecule has 0 amide bonds. The molecule has 0 bridgehead atoms. The molecule has 0 aliphatic heterocycles. The van der Waals surface area contributed by atoms with Crippen LogP contribution in [-0.2, 0) is 24.4 Å². The highest BCUT2D eigenvalue weighted by atomic mass is 35.6. The predicted octanol–water partition coefficient (Wildman–Crippen LogP) is 8.56. The van der Waals surface area contributed by atoms with Gasteiger partial charge < -0.3 is 0 Å². The van der Waals surface area contributed by atoms with Crippen molar-refractivity contribution in [2.24, 2.45) is 0 Å². The van der Waals surface area contributed by atoms with E-state index in [1.165, 1.54) is 0 Å². The third kappa shape index (κ3) is 5.40. The molecule has 0 aliphatic rings. The Morgan fingerprint density at radius 3 is 1.25 bits per heavy atom. The molecule has 0 aliphatic carbocycles. The molecule has 1 aromatic rings. The maximum Gasteiger partial charge on any atom is 0.457 e. The maximum atomic E-state index is 14.8. The van der Waals surface area contributed by atoms with Gasteiger partial charge in [-0.3, -0.25) is 0 Å². The van der Waals surface area contributed by atoms with Gasteiger partial charge in [0.2, 0.25) is 0 Å². The molecule has 0 spiro atoms. The van der Waals surface area contributed by atoms with Crippen LogP contribution in [0.5, 0.6) is 0 Å². The Hall–Kier alpha value is -0.960. The van der Waals surface area contributed by atoms with Crippen LogP contribution in [0.1, 0.15) is 22.3 Å². The molecule has 1 atom stereocenters. The Labute approximate surface area is 182 Å². The molecular formula is C14H4Cl3F15. The molecule has 1 unspecified atom stereocenters. The van der Waals surface area contributed by atoms with Crippen molar-refractivity contribution in [1.29, 1.82) is 0 Å². The molecule has 1 aromatic carbocycles. The highest BCUT2D eigenvalue weighted by Crippen LogP contribution is 2.60. The van der Waals surface area contributed by atoms with Gasteiger partial charge >= 0.3 is 36.3 Å². The Balaban J connectivity index is 4.40. The number of hydrogen-bond donors (Lipinski definition) is 0. The summed E-state index contributed by atoms with van der Waals surface area (Å²) >= 11 is 15.3. The summed E-state index contributed by atoms with van der Waals surface area (Å²) in [4.78, 5) is 0. The van der Waals surface area contributed by atoms with Crippen LogP contribution in [0.2, 0.25) is 0 Å². The second-order valence-electron chi connectivity index (χ2n) is 6.07. The zero-order chi connectivity index (χ0) is 25.9. The fourth-order valence-electron chi connectivity index (χ4n) is 2.48. The summed E-state index contributed by atoms with van der Waals surface area (Å²) in [6.07, 6.45) is -29.1. The number of alkyl halides is 18. The first-order valence-electron chi connectivity index (χ1n) is 7.26. The number of hydrogen-bond acceptors (Lipinski definition) is 0. The van der Waals surface area contributed by atoms with Crippen LogP contribution >= 0.6 is 34.8 Å². The van der Waals surface area contributed by atoms with Crippen molar-refractivity contribution in [2.45, 2.75) is 46.5 Å². The van der Waals surface area contributed by atoms with E-state index in [9.17, 15) is 65.9 Å². The molecule has 32 heavy (non-hydrogen) atoms. The second-order valence-corrected chi connectivity index (χ2v) is 8.58. The van der Waals surface area contributed by atoms with E-state index in [1.807, 2.05) is 0 Å². The first kappa shape index (κ1) is 29.1. The van der Waals surface area contributed by atoms with Gasteiger partial charge in [-0.05, 0) is 17.7 Å². The van der Waals surface area contributed by atoms with Crippen LogP contribution in [0.25, 0.3) is 0 Å². The van der Waals surface area contributed by atoms with E-state index in [-0.39, 0.29) is 0 Å². The smallest absolute Gasteiger partial charge is 0.221 e. The summed E-state index contributed by atoms with van der Waals surface area (Å²) in [7, 11) is 0. The third-order valence-electron chi connectivity index (χ3n) is 3.81. The standard InChI is InChI=1S/C14H4Cl3F15/c15-8(16,17)3-5-6(1-4(10(19,20)21)2-7(5)11(22,23)24)9(18,13(27,28)29)12(25,26)14(30,31)32/h1-2H,3H2. The highest BCUT2D eigenvalue weighted by Gasteiger charge is 2.82. The molecule has 0 radical (unpaired) electrons. The summed E-state index contributed by atoms with van der Waals surface area (Å²) in [5.41, 5.74) is -18.7. The molecule has 0 saturated heterocycles. The zero-order valence-corrected chi connectivity index (χ0v) is 16.4. The van der Waals surface area contributed by atoms with Gasteiger partial charge in [-0.15, -0.1) is 0 Å². The lowest BCUT2D eigenvalue weighted by atomic mass is 9.80. The lowest BCUT2D eigenvalue weighted by Crippen LogP contribution is -2.60. The molecule has 0 N–H and O–H groups in total. The Morgan fingerprint density at radius 1 is 0.562 bits per heavy atom. The second kappa shape index (κ2) is 8.07. The molecular weight excluding hydrogens is 559 g/mol. The average molecular weight is 564 g/mol. The van der Waals surface area contributed by atoms with E-state index in [0.717, 1.165) is 0 Å². The van der Waals surface area contributed by atoms with E-state index in [1.54, 1.807) is 0 Å². The van der Waals surface area contributed by atoms with Crippen LogP contribution in [0.4, 0.5) is 65.9 Å². The van der Waals surface area contributed by atoms with Gasteiger partial charge in [-0.1, -0.05) is 34.8 Å². The molecule has 186 valence electrons. The third-order valence-corrected chi connectivity index (χ3v) is 4.21. The lowest BCUT2D eigenvalue weighted by molar-refractivity contribution is -0.389. The van der Waals surface area contributed by atoms with E-state index in [0.29, 0.717) is 0 Å². The first-order valence-corrected chi connectivity index (χ1v) is 8.40. The van der Waals surface area contributed by atoms with Crippen molar-refractivity contribution in [3.63, 3.8) is 0 Å². The van der Waals surface area contributed by atoms with Gasteiger partial charge in [-0.2, -0.15) is 61.5 Å². The summed E-state index contributed by atoms with van der Waals surface area (Å²) in [6, 6.07) is -2.22. The molecule has 18 heteroatoms. The maximum absolute atomic E-state index is 14.8. The highest BCUT2D eigenvalue weighted by molar-refractivity contribution is 6.67. The Morgan fingerprint density at radius 2 is 0.969 bits per heavy atom. The van der Waals surface area contributed by atoms with Gasteiger partial charge in [0.05, 0.1) is 11.1 Å². The molecule has 0 heterocycles. The van der Waals surface area contributed by atoms with E-state index >= 15 is 0 Å². The fourth-order valence-corrected chi connectivity index (χ4v) is 2.88. The van der Waals surface area contributed by atoms with Gasteiger partial charge in [-0.25, -0.2) is 4.39 Å². The first-order chi connectivity index (χ1) is 13.7. The predicted molar refractivity (Wildman–Crippen MR) is 80.3 cm³/mol. The number of halogens is 18. The molecule has 0 fully saturated rings. The monoisotopic (exact) mass is 562 g/mol. The summed E-state index contributed by atoms with van der Waals surface area (Å²) < 4.78 is 196. The van der Waals surface area contributed by atoms with Crippen molar-refractivity contribution in [3.05, 3.63) is 34.4 Å². The van der Waals surface area contributed by atoms with E-state index < -0.39 is 80.9 Å². The SMILES string of the molecule is FC(F)(F)c1cc(C(F)(F)F)c(CC(Cl)(Cl)Cl)c(C(F)(C(F)(F)F)C(F)(F)C(F)(F)F)c1. The minimum atomic E-state index is -7.58. The van der Waals surface area contributed by atoms with E-state index in [4.69, 9.17) is 34.8 Å². The summed E-state index contributed by atoms with van der Waals surface area (Å²) in [6.45, 7) is 0. The van der Waals surface area contributed by atoms with Crippen molar-refractivity contribution >= 4 is 34.8 Å². The van der Waals surface area contributed by atoms with Gasteiger partial charge in [0.25, 0.3) is 0 Å². The van der Waals surface area contributed by atoms with Crippen molar-refractivity contribution in [1.82, 2.24) is 0 Å². The van der Waals surface area contributed by atoms with Crippen molar-refractivity contribution in [2.75, 3.05) is 0 Å². The van der Waals surface area contributed by atoms with Crippen LogP contribution in [0.3, 0.4) is 0 Å². The molecule has 0 saturated carbocycles. The van der Waals surface area contributed by atoms with E-state index in [2.05, 4.69) is 0 Å². The Kier molecular flexibility index (Phi) is 7.33. The van der Waals surface area contributed by atoms with Crippen LogP contribution in [0.15, 0.2) is 12.1 Å². The molecule has 1 rings (SSSR count). The van der Waals surface area contributed by atoms with Crippen molar-refractivity contribution in [3.8, 4) is 0 Å². The van der Waals surface area contributed by atoms with Gasteiger partial charge in [0.1, 0.15) is 0 Å². The largest absolute Gasteiger partial charge is 0.457 e. The van der Waals surface area contributed by atoms with Gasteiger partial charge in [0.15, 0.2) is 3.79 Å². The topological polar surface area (TPSA) is 0 Å². The average Bonchev–Trinajstić information content (AvgIpc) is 2.48. The Bertz CT molecular complexity index is 842. The lowest BCUT2D eigenvalue weighted by Gasteiger charge is -2.38. The number of rotatable bonds is 3. The normalized spacial score (nSPS) is 16.8.